The number of hydrogen-bond donors (Lipinski definition) is 1. The van der Waals surface area contributed by atoms with Gasteiger partial charge in [0, 0.05) is 22.2 Å². The van der Waals surface area contributed by atoms with Gasteiger partial charge in [0.05, 0.1) is 0 Å². The first kappa shape index (κ1) is 18.7. The monoisotopic (exact) mass is 363 g/mol. The molecular formula is C19H22ClNO2S. The minimum Gasteiger partial charge on any atom is -0.481 e. The predicted octanol–water partition coefficient (Wildman–Crippen LogP) is 4.71. The van der Waals surface area contributed by atoms with Crippen LogP contribution in [0.5, 0.6) is 5.75 Å². The minimum absolute atomic E-state index is 0.0862. The second-order valence-electron chi connectivity index (χ2n) is 5.42. The normalized spacial score (nSPS) is 11.8. The molecule has 0 spiro atoms. The smallest absolute Gasteiger partial charge is 0.261 e. The number of carbonyl (C=O) groups excluding carboxylic acids is 1. The van der Waals surface area contributed by atoms with Crippen LogP contribution in [-0.4, -0.2) is 24.3 Å². The molecule has 0 bridgehead atoms. The number of halogens is 1. The fourth-order valence-corrected chi connectivity index (χ4v) is 2.99. The van der Waals surface area contributed by atoms with Crippen LogP contribution < -0.4 is 10.1 Å². The number of thioether (sulfide) groups is 1. The maximum Gasteiger partial charge on any atom is 0.261 e. The molecule has 2 aromatic carbocycles. The molecule has 0 aromatic heterocycles. The highest BCUT2D eigenvalue weighted by molar-refractivity contribution is 7.99. The van der Waals surface area contributed by atoms with Gasteiger partial charge in [0.2, 0.25) is 0 Å². The van der Waals surface area contributed by atoms with E-state index in [1.54, 1.807) is 36.0 Å². The minimum atomic E-state index is -0.490. The average Bonchev–Trinajstić information content (AvgIpc) is 2.59. The molecule has 0 aliphatic rings. The standard InChI is InChI=1S/C19H22ClNO2S/c1-3-18(23-16-8-6-15(20)7-9-16)19(22)21-12-13-24-17-10-4-14(2)5-11-17/h4-11,18H,3,12-13H2,1-2H3,(H,21,22)/t18-/m0/s1. The number of nitrogens with one attached hydrogen (secondary N) is 1. The predicted molar refractivity (Wildman–Crippen MR) is 101 cm³/mol. The molecular weight excluding hydrogens is 342 g/mol. The van der Waals surface area contributed by atoms with E-state index in [0.717, 1.165) is 5.75 Å². The molecule has 1 atom stereocenters. The topological polar surface area (TPSA) is 38.3 Å². The van der Waals surface area contributed by atoms with Crippen molar-refractivity contribution in [1.82, 2.24) is 5.32 Å². The maximum atomic E-state index is 12.2. The first-order valence-corrected chi connectivity index (χ1v) is 9.34. The first-order chi connectivity index (χ1) is 11.6. The molecule has 1 N–H and O–H groups in total. The third-order valence-electron chi connectivity index (χ3n) is 3.45. The van der Waals surface area contributed by atoms with E-state index < -0.39 is 6.10 Å². The summed E-state index contributed by atoms with van der Waals surface area (Å²) < 4.78 is 5.73. The number of carbonyl (C=O) groups is 1. The molecule has 0 aliphatic heterocycles. The summed E-state index contributed by atoms with van der Waals surface area (Å²) in [6.45, 7) is 4.61. The molecule has 0 unspecified atom stereocenters. The Morgan fingerprint density at radius 3 is 2.46 bits per heavy atom. The number of hydrogen-bond acceptors (Lipinski definition) is 3. The van der Waals surface area contributed by atoms with Gasteiger partial charge in [-0.2, -0.15) is 0 Å². The van der Waals surface area contributed by atoms with Crippen molar-refractivity contribution >= 4 is 29.3 Å². The Bertz CT molecular complexity index is 643. The van der Waals surface area contributed by atoms with Gasteiger partial charge < -0.3 is 10.1 Å². The van der Waals surface area contributed by atoms with Gasteiger partial charge in [-0.15, -0.1) is 11.8 Å². The van der Waals surface area contributed by atoms with Crippen molar-refractivity contribution in [2.45, 2.75) is 31.3 Å². The summed E-state index contributed by atoms with van der Waals surface area (Å²) in [6, 6.07) is 15.4. The SMILES string of the molecule is CC[C@H](Oc1ccc(Cl)cc1)C(=O)NCCSc1ccc(C)cc1. The molecule has 5 heteroatoms. The van der Waals surface area contributed by atoms with E-state index in [-0.39, 0.29) is 5.91 Å². The molecule has 0 saturated heterocycles. The van der Waals surface area contributed by atoms with Crippen LogP contribution in [0.4, 0.5) is 0 Å². The number of benzene rings is 2. The third-order valence-corrected chi connectivity index (χ3v) is 4.71. The lowest BCUT2D eigenvalue weighted by Gasteiger charge is -2.17. The van der Waals surface area contributed by atoms with Crippen LogP contribution in [0.3, 0.4) is 0 Å². The van der Waals surface area contributed by atoms with Gasteiger partial charge in [0.1, 0.15) is 5.75 Å². The van der Waals surface area contributed by atoms with Crippen molar-refractivity contribution in [3.8, 4) is 5.75 Å². The highest BCUT2D eigenvalue weighted by Gasteiger charge is 2.17. The molecule has 3 nitrogen and oxygen atoms in total. The Morgan fingerprint density at radius 2 is 1.83 bits per heavy atom. The zero-order valence-corrected chi connectivity index (χ0v) is 15.5. The summed E-state index contributed by atoms with van der Waals surface area (Å²) >= 11 is 7.58. The lowest BCUT2D eigenvalue weighted by Crippen LogP contribution is -2.39. The lowest BCUT2D eigenvalue weighted by atomic mass is 10.2. The van der Waals surface area contributed by atoms with Crippen LogP contribution in [0.25, 0.3) is 0 Å². The van der Waals surface area contributed by atoms with Gasteiger partial charge in [-0.3, -0.25) is 4.79 Å². The summed E-state index contributed by atoms with van der Waals surface area (Å²) in [5.74, 6) is 1.39. The summed E-state index contributed by atoms with van der Waals surface area (Å²) in [5, 5.41) is 3.58. The fraction of sp³-hybridized carbons (Fsp3) is 0.316. The zero-order chi connectivity index (χ0) is 17.4. The Morgan fingerprint density at radius 1 is 1.17 bits per heavy atom. The highest BCUT2D eigenvalue weighted by atomic mass is 35.5. The molecule has 0 radical (unpaired) electrons. The summed E-state index contributed by atoms with van der Waals surface area (Å²) in [4.78, 5) is 13.4. The van der Waals surface area contributed by atoms with E-state index >= 15 is 0 Å². The first-order valence-electron chi connectivity index (χ1n) is 7.98. The molecule has 0 fully saturated rings. The summed E-state index contributed by atoms with van der Waals surface area (Å²) in [6.07, 6.45) is 0.120. The van der Waals surface area contributed by atoms with Crippen molar-refractivity contribution in [3.63, 3.8) is 0 Å². The molecule has 0 heterocycles. The Balaban J connectivity index is 1.75. The second-order valence-corrected chi connectivity index (χ2v) is 7.03. The molecule has 2 rings (SSSR count). The van der Waals surface area contributed by atoms with Gasteiger partial charge >= 0.3 is 0 Å². The Labute approximate surface area is 152 Å². The van der Waals surface area contributed by atoms with Gasteiger partial charge in [-0.05, 0) is 49.7 Å². The van der Waals surface area contributed by atoms with E-state index in [2.05, 4.69) is 36.5 Å². The van der Waals surface area contributed by atoms with Gasteiger partial charge in [-0.1, -0.05) is 36.2 Å². The van der Waals surface area contributed by atoms with Gasteiger partial charge in [-0.25, -0.2) is 0 Å². The molecule has 24 heavy (non-hydrogen) atoms. The van der Waals surface area contributed by atoms with E-state index in [9.17, 15) is 4.79 Å². The Kier molecular flexibility index (Phi) is 7.47. The molecule has 0 aliphatic carbocycles. The van der Waals surface area contributed by atoms with Crippen molar-refractivity contribution < 1.29 is 9.53 Å². The van der Waals surface area contributed by atoms with Crippen LogP contribution in [0.15, 0.2) is 53.4 Å². The quantitative estimate of drug-likeness (QED) is 0.545. The van der Waals surface area contributed by atoms with Crippen molar-refractivity contribution in [2.24, 2.45) is 0 Å². The van der Waals surface area contributed by atoms with E-state index in [1.165, 1.54) is 10.5 Å². The van der Waals surface area contributed by atoms with Crippen LogP contribution in [0.1, 0.15) is 18.9 Å². The van der Waals surface area contributed by atoms with Crippen molar-refractivity contribution in [3.05, 3.63) is 59.1 Å². The van der Waals surface area contributed by atoms with Gasteiger partial charge in [0.25, 0.3) is 5.91 Å². The fourth-order valence-electron chi connectivity index (χ4n) is 2.09. The average molecular weight is 364 g/mol. The maximum absolute atomic E-state index is 12.2. The summed E-state index contributed by atoms with van der Waals surface area (Å²) in [7, 11) is 0. The summed E-state index contributed by atoms with van der Waals surface area (Å²) in [5.41, 5.74) is 1.25. The third kappa shape index (κ3) is 6.10. The number of rotatable bonds is 8. The van der Waals surface area contributed by atoms with E-state index in [4.69, 9.17) is 16.3 Å². The number of amides is 1. The molecule has 0 saturated carbocycles. The van der Waals surface area contributed by atoms with E-state index in [1.807, 2.05) is 6.92 Å². The van der Waals surface area contributed by atoms with Gasteiger partial charge in [0.15, 0.2) is 6.10 Å². The zero-order valence-electron chi connectivity index (χ0n) is 13.9. The van der Waals surface area contributed by atoms with E-state index in [0.29, 0.717) is 23.7 Å². The van der Waals surface area contributed by atoms with Crippen molar-refractivity contribution in [2.75, 3.05) is 12.3 Å². The van der Waals surface area contributed by atoms with Crippen LogP contribution in [0.2, 0.25) is 5.02 Å². The highest BCUT2D eigenvalue weighted by Crippen LogP contribution is 2.19. The molecule has 2 aromatic rings. The van der Waals surface area contributed by atoms with Crippen LogP contribution >= 0.6 is 23.4 Å². The Hall–Kier alpha value is -1.65. The van der Waals surface area contributed by atoms with Crippen molar-refractivity contribution in [1.29, 1.82) is 0 Å². The van der Waals surface area contributed by atoms with Crippen LogP contribution in [0, 0.1) is 6.92 Å². The van der Waals surface area contributed by atoms with Crippen LogP contribution in [-0.2, 0) is 4.79 Å². The number of aryl methyl sites for hydroxylation is 1. The molecule has 128 valence electrons. The lowest BCUT2D eigenvalue weighted by molar-refractivity contribution is -0.127. The largest absolute Gasteiger partial charge is 0.481 e. The number of ether oxygens (including phenoxy) is 1. The molecule has 1 amide bonds. The second kappa shape index (κ2) is 9.60.